The number of carbonyl (C=O) groups excluding carboxylic acids is 2. The van der Waals surface area contributed by atoms with Gasteiger partial charge in [-0.1, -0.05) is 42.1 Å². The van der Waals surface area contributed by atoms with Gasteiger partial charge in [-0.05, 0) is 43.7 Å². The van der Waals surface area contributed by atoms with Crippen molar-refractivity contribution in [3.63, 3.8) is 0 Å². The molecule has 0 aliphatic heterocycles. The van der Waals surface area contributed by atoms with Gasteiger partial charge in [0.15, 0.2) is 10.9 Å². The van der Waals surface area contributed by atoms with Crippen molar-refractivity contribution in [3.05, 3.63) is 66.4 Å². The number of nitrogens with one attached hydrogen (secondary N) is 1. The zero-order valence-corrected chi connectivity index (χ0v) is 17.6. The smallest absolute Gasteiger partial charge is 0.325 e. The highest BCUT2D eigenvalue weighted by atomic mass is 32.2. The van der Waals surface area contributed by atoms with Crippen LogP contribution < -0.4 is 5.32 Å². The number of rotatable bonds is 7. The average molecular weight is 447 g/mol. The maximum Gasteiger partial charge on any atom is 0.406 e. The molecule has 162 valence electrons. The summed E-state index contributed by atoms with van der Waals surface area (Å²) in [7, 11) is 0. The van der Waals surface area contributed by atoms with E-state index in [4.69, 9.17) is 0 Å². The number of alkyl halides is 3. The van der Waals surface area contributed by atoms with Crippen LogP contribution in [-0.4, -0.2) is 32.7 Å². The lowest BCUT2D eigenvalue weighted by atomic mass is 10.1. The number of thioether (sulfide) groups is 1. The molecule has 2 aromatic carbocycles. The minimum atomic E-state index is -4.44. The Hall–Kier alpha value is -3.07. The van der Waals surface area contributed by atoms with Crippen LogP contribution in [0.15, 0.2) is 66.0 Å². The molecule has 0 saturated carbocycles. The summed E-state index contributed by atoms with van der Waals surface area (Å²) in [6.07, 6.45) is -3.06. The molecule has 0 spiro atoms. The molecule has 3 aromatic rings. The first-order valence-electron chi connectivity index (χ1n) is 9.40. The normalized spacial score (nSPS) is 12.4. The Labute approximate surface area is 181 Å². The van der Waals surface area contributed by atoms with Crippen LogP contribution in [0, 0.1) is 0 Å². The van der Waals surface area contributed by atoms with Crippen molar-refractivity contribution in [2.24, 2.45) is 0 Å². The number of hydrogen-bond donors (Lipinski definition) is 1. The largest absolute Gasteiger partial charge is 0.406 e. The fourth-order valence-corrected chi connectivity index (χ4v) is 3.75. The SMILES string of the molecule is CC(=O)c1ccc(NC(=O)C(C)Sc2ncc(-c3ccccc3)n2CC(F)(F)F)cc1. The molecule has 0 radical (unpaired) electrons. The molecule has 0 aliphatic rings. The van der Waals surface area contributed by atoms with Crippen LogP contribution in [0.25, 0.3) is 11.3 Å². The molecule has 1 atom stereocenters. The first kappa shape index (κ1) is 22.6. The molecular weight excluding hydrogens is 427 g/mol. The Bertz CT molecular complexity index is 1060. The number of nitrogens with zero attached hydrogens (tertiary/aromatic N) is 2. The van der Waals surface area contributed by atoms with E-state index in [9.17, 15) is 22.8 Å². The van der Waals surface area contributed by atoms with Crippen LogP contribution in [0.2, 0.25) is 0 Å². The highest BCUT2D eigenvalue weighted by Gasteiger charge is 2.31. The van der Waals surface area contributed by atoms with E-state index in [2.05, 4.69) is 10.3 Å². The summed E-state index contributed by atoms with van der Waals surface area (Å²) >= 11 is 0.947. The second kappa shape index (κ2) is 9.38. The van der Waals surface area contributed by atoms with E-state index in [-0.39, 0.29) is 16.8 Å². The van der Waals surface area contributed by atoms with E-state index in [1.165, 1.54) is 13.1 Å². The molecule has 5 nitrogen and oxygen atoms in total. The molecule has 1 unspecified atom stereocenters. The van der Waals surface area contributed by atoms with Crippen LogP contribution in [0.3, 0.4) is 0 Å². The highest BCUT2D eigenvalue weighted by Crippen LogP contribution is 2.32. The Balaban J connectivity index is 1.78. The molecule has 0 aliphatic carbocycles. The molecule has 0 fully saturated rings. The molecule has 1 heterocycles. The van der Waals surface area contributed by atoms with Crippen LogP contribution >= 0.6 is 11.8 Å². The molecular formula is C22H20F3N3O2S. The number of halogens is 3. The van der Waals surface area contributed by atoms with Gasteiger partial charge in [-0.15, -0.1) is 0 Å². The quantitative estimate of drug-likeness (QED) is 0.387. The number of hydrogen-bond acceptors (Lipinski definition) is 4. The van der Waals surface area contributed by atoms with Gasteiger partial charge in [0.25, 0.3) is 0 Å². The number of anilines is 1. The van der Waals surface area contributed by atoms with Crippen molar-refractivity contribution in [3.8, 4) is 11.3 Å². The monoisotopic (exact) mass is 447 g/mol. The molecule has 1 amide bonds. The van der Waals surface area contributed by atoms with Crippen LogP contribution in [0.1, 0.15) is 24.2 Å². The minimum Gasteiger partial charge on any atom is -0.325 e. The van der Waals surface area contributed by atoms with Gasteiger partial charge in [0.1, 0.15) is 6.54 Å². The Morgan fingerprint density at radius 1 is 1.10 bits per heavy atom. The highest BCUT2D eigenvalue weighted by molar-refractivity contribution is 8.00. The van der Waals surface area contributed by atoms with Crippen molar-refractivity contribution < 1.29 is 22.8 Å². The Morgan fingerprint density at radius 2 is 1.74 bits per heavy atom. The second-order valence-corrected chi connectivity index (χ2v) is 8.18. The number of benzene rings is 2. The Morgan fingerprint density at radius 3 is 2.32 bits per heavy atom. The molecule has 9 heteroatoms. The summed E-state index contributed by atoms with van der Waals surface area (Å²) in [5, 5.41) is 2.10. The van der Waals surface area contributed by atoms with Gasteiger partial charge in [0.2, 0.25) is 5.91 Å². The van der Waals surface area contributed by atoms with E-state index < -0.39 is 18.0 Å². The number of ketones is 1. The third kappa shape index (κ3) is 5.97. The molecule has 3 rings (SSSR count). The standard InChI is InChI=1S/C22H20F3N3O2S/c1-14(29)16-8-10-18(11-9-16)27-20(30)15(2)31-21-26-12-19(17-6-4-3-5-7-17)28(21)13-22(23,24)25/h3-12,15H,13H2,1-2H3,(H,27,30). The predicted molar refractivity (Wildman–Crippen MR) is 114 cm³/mol. The second-order valence-electron chi connectivity index (χ2n) is 6.88. The molecule has 1 aromatic heterocycles. The minimum absolute atomic E-state index is 0.0903. The van der Waals surface area contributed by atoms with E-state index in [1.54, 1.807) is 61.5 Å². The van der Waals surface area contributed by atoms with Gasteiger partial charge in [-0.2, -0.15) is 13.2 Å². The van der Waals surface area contributed by atoms with E-state index >= 15 is 0 Å². The molecule has 0 saturated heterocycles. The predicted octanol–water partition coefficient (Wildman–Crippen LogP) is 5.43. The first-order valence-corrected chi connectivity index (χ1v) is 10.3. The van der Waals surface area contributed by atoms with Gasteiger partial charge < -0.3 is 9.88 Å². The number of imidazole rings is 1. The van der Waals surface area contributed by atoms with E-state index in [1.807, 2.05) is 0 Å². The lowest BCUT2D eigenvalue weighted by Gasteiger charge is -2.16. The number of carbonyl (C=O) groups is 2. The van der Waals surface area contributed by atoms with Crippen molar-refractivity contribution in [2.75, 3.05) is 5.32 Å². The first-order chi connectivity index (χ1) is 14.6. The van der Waals surface area contributed by atoms with E-state index in [0.717, 1.165) is 16.3 Å². The van der Waals surface area contributed by atoms with Crippen molar-refractivity contribution in [1.29, 1.82) is 0 Å². The summed E-state index contributed by atoms with van der Waals surface area (Å²) in [5.74, 6) is -0.476. The zero-order valence-electron chi connectivity index (χ0n) is 16.8. The van der Waals surface area contributed by atoms with Gasteiger partial charge in [0, 0.05) is 11.3 Å². The summed E-state index contributed by atoms with van der Waals surface area (Å²) in [4.78, 5) is 28.0. The van der Waals surface area contributed by atoms with E-state index in [0.29, 0.717) is 22.5 Å². The van der Waals surface area contributed by atoms with Crippen molar-refractivity contribution in [2.45, 2.75) is 37.0 Å². The summed E-state index contributed by atoms with van der Waals surface area (Å²) < 4.78 is 40.7. The van der Waals surface area contributed by atoms with Crippen LogP contribution in [0.4, 0.5) is 18.9 Å². The topological polar surface area (TPSA) is 64.0 Å². The Kier molecular flexibility index (Phi) is 6.84. The fraction of sp³-hybridized carbons (Fsp3) is 0.227. The average Bonchev–Trinajstić information content (AvgIpc) is 3.09. The van der Waals surface area contributed by atoms with Crippen LogP contribution in [-0.2, 0) is 11.3 Å². The maximum absolute atomic E-state index is 13.2. The molecule has 0 bridgehead atoms. The lowest BCUT2D eigenvalue weighted by molar-refractivity contribution is -0.141. The number of amides is 1. The third-order valence-corrected chi connectivity index (χ3v) is 5.54. The third-order valence-electron chi connectivity index (χ3n) is 4.44. The number of Topliss-reactive ketones (excluding diaryl/α,β-unsaturated/α-hetero) is 1. The van der Waals surface area contributed by atoms with Gasteiger partial charge >= 0.3 is 6.18 Å². The number of aromatic nitrogens is 2. The fourth-order valence-electron chi connectivity index (χ4n) is 2.87. The lowest BCUT2D eigenvalue weighted by Crippen LogP contribution is -2.24. The molecule has 1 N–H and O–H groups in total. The van der Waals surface area contributed by atoms with Crippen molar-refractivity contribution >= 4 is 29.1 Å². The summed E-state index contributed by atoms with van der Waals surface area (Å²) in [6.45, 7) is 1.83. The van der Waals surface area contributed by atoms with Gasteiger partial charge in [0.05, 0.1) is 17.1 Å². The van der Waals surface area contributed by atoms with Crippen LogP contribution in [0.5, 0.6) is 0 Å². The van der Waals surface area contributed by atoms with Gasteiger partial charge in [-0.3, -0.25) is 9.59 Å². The molecule has 31 heavy (non-hydrogen) atoms. The van der Waals surface area contributed by atoms with Gasteiger partial charge in [-0.25, -0.2) is 4.98 Å². The van der Waals surface area contributed by atoms with Crippen molar-refractivity contribution in [1.82, 2.24) is 9.55 Å². The summed E-state index contributed by atoms with van der Waals surface area (Å²) in [5.41, 5.74) is 1.94. The summed E-state index contributed by atoms with van der Waals surface area (Å²) in [6, 6.07) is 15.1. The zero-order chi connectivity index (χ0) is 22.6. The maximum atomic E-state index is 13.2.